The van der Waals surface area contributed by atoms with Gasteiger partial charge >= 0.3 is 36.7 Å². The molecular formula is C36H44BBrN5O8S. The van der Waals surface area contributed by atoms with Gasteiger partial charge in [-0.2, -0.15) is 0 Å². The normalized spacial score (nSPS) is 12.1. The van der Waals surface area contributed by atoms with Crippen molar-refractivity contribution in [3.8, 4) is 34.4 Å². The Morgan fingerprint density at radius 2 is 1.29 bits per heavy atom. The summed E-state index contributed by atoms with van der Waals surface area (Å²) >= 11 is 6.67. The number of nitrogens with zero attached hydrogens (tertiary/aromatic N) is 5. The Labute approximate surface area is 319 Å². The molecule has 0 amide bonds. The molecular weight excluding hydrogens is 753 g/mol. The number of carbonyl (C=O) groups excluding carboxylic acids is 2. The van der Waals surface area contributed by atoms with Gasteiger partial charge in [0.2, 0.25) is 0 Å². The number of thiol groups is 1. The van der Waals surface area contributed by atoms with E-state index in [1.807, 2.05) is 61.1 Å². The first-order chi connectivity index (χ1) is 24.9. The minimum absolute atomic E-state index is 0.0244. The van der Waals surface area contributed by atoms with E-state index in [9.17, 15) is 9.59 Å². The Morgan fingerprint density at radius 3 is 1.79 bits per heavy atom. The van der Waals surface area contributed by atoms with Crippen LogP contribution in [0.1, 0.15) is 85.0 Å². The number of imidazole rings is 2. The summed E-state index contributed by atoms with van der Waals surface area (Å²) in [7, 11) is 7.61. The second-order valence-corrected chi connectivity index (χ2v) is 13.0. The molecule has 2 aromatic heterocycles. The van der Waals surface area contributed by atoms with E-state index < -0.39 is 5.97 Å². The number of fused-ring (bicyclic) bond motifs is 6. The van der Waals surface area contributed by atoms with Gasteiger partial charge in [0.1, 0.15) is 6.33 Å². The molecule has 4 heterocycles. The molecule has 52 heavy (non-hydrogen) atoms. The fourth-order valence-corrected chi connectivity index (χ4v) is 6.57. The molecule has 0 spiro atoms. The first kappa shape index (κ1) is 40.5. The van der Waals surface area contributed by atoms with Crippen LogP contribution in [0.15, 0.2) is 39.6 Å². The molecule has 0 bridgehead atoms. The van der Waals surface area contributed by atoms with Crippen molar-refractivity contribution >= 4 is 48.3 Å². The molecule has 0 saturated heterocycles. The van der Waals surface area contributed by atoms with Crippen LogP contribution in [0.3, 0.4) is 0 Å². The average Bonchev–Trinajstić information content (AvgIpc) is 3.70. The number of hydrogen-bond donors (Lipinski definition) is 1. The van der Waals surface area contributed by atoms with Crippen LogP contribution in [0.25, 0.3) is 11.4 Å². The Bertz CT molecular complexity index is 1910. The summed E-state index contributed by atoms with van der Waals surface area (Å²) in [4.78, 5) is 32.9. The van der Waals surface area contributed by atoms with E-state index in [1.165, 1.54) is 0 Å². The van der Waals surface area contributed by atoms with Crippen molar-refractivity contribution < 1.29 is 38.0 Å². The molecule has 0 N–H and O–H groups in total. The van der Waals surface area contributed by atoms with E-state index in [1.54, 1.807) is 34.4 Å². The van der Waals surface area contributed by atoms with Gasteiger partial charge in [-0.3, -0.25) is 4.57 Å². The first-order valence-electron chi connectivity index (χ1n) is 16.9. The van der Waals surface area contributed by atoms with E-state index in [4.69, 9.17) is 28.4 Å². The van der Waals surface area contributed by atoms with Crippen LogP contribution in [0.5, 0.6) is 23.0 Å². The second-order valence-electron chi connectivity index (χ2n) is 12.1. The topological polar surface area (TPSA) is 138 Å². The zero-order valence-corrected chi connectivity index (χ0v) is 33.2. The van der Waals surface area contributed by atoms with Crippen LogP contribution >= 0.6 is 28.7 Å². The molecule has 0 saturated carbocycles. The summed E-state index contributed by atoms with van der Waals surface area (Å²) in [6, 6.07) is 7.89. The van der Waals surface area contributed by atoms with Gasteiger partial charge in [0.05, 0.1) is 62.4 Å². The van der Waals surface area contributed by atoms with E-state index >= 15 is 0 Å². The van der Waals surface area contributed by atoms with Crippen LogP contribution in [-0.4, -0.2) is 78.3 Å². The third-order valence-electron chi connectivity index (χ3n) is 7.95. The molecule has 0 atom stereocenters. The summed E-state index contributed by atoms with van der Waals surface area (Å²) in [6.45, 7) is 12.1. The number of methoxy groups -OCH3 is 2. The molecule has 0 fully saturated rings. The number of benzene rings is 2. The zero-order chi connectivity index (χ0) is 38.1. The van der Waals surface area contributed by atoms with Crippen molar-refractivity contribution in [3.05, 3.63) is 69.2 Å². The van der Waals surface area contributed by atoms with Crippen molar-refractivity contribution in [2.75, 3.05) is 27.4 Å². The predicted octanol–water partition coefficient (Wildman–Crippen LogP) is 6.83. The zero-order valence-electron chi connectivity index (χ0n) is 30.7. The van der Waals surface area contributed by atoms with Crippen LogP contribution in [0.2, 0.25) is 0 Å². The van der Waals surface area contributed by atoms with Gasteiger partial charge in [0.25, 0.3) is 0 Å². The number of aryl methyl sites for hydroxylation is 2. The van der Waals surface area contributed by atoms with Crippen molar-refractivity contribution in [1.82, 2.24) is 19.1 Å². The molecule has 0 unspecified atom stereocenters. The SMILES string of the molecule is CCOC(=O)c1nc(Br)n2c1CCc1cc(OC)c(OC(C)C)cc1-2.CCOC(=O)c1ncn2c1CCc1cc(OC)c(OC(C)C)cc1-2.[B]=NS. The van der Waals surface area contributed by atoms with Gasteiger partial charge in [-0.05, 0) is 106 Å². The van der Waals surface area contributed by atoms with Crippen LogP contribution in [0, 0.1) is 0 Å². The fourth-order valence-electron chi connectivity index (χ4n) is 5.98. The molecule has 2 aliphatic heterocycles. The van der Waals surface area contributed by atoms with Crippen molar-refractivity contribution in [1.29, 1.82) is 0 Å². The van der Waals surface area contributed by atoms with Crippen LogP contribution in [0.4, 0.5) is 0 Å². The summed E-state index contributed by atoms with van der Waals surface area (Å²) < 4.78 is 40.0. The second kappa shape index (κ2) is 18.5. The van der Waals surface area contributed by atoms with E-state index in [-0.39, 0.29) is 18.2 Å². The van der Waals surface area contributed by atoms with Crippen LogP contribution < -0.4 is 18.9 Å². The van der Waals surface area contributed by atoms with E-state index in [2.05, 4.69) is 50.7 Å². The van der Waals surface area contributed by atoms with Gasteiger partial charge in [-0.25, -0.2) is 19.6 Å². The van der Waals surface area contributed by atoms with Crippen molar-refractivity contribution in [3.63, 3.8) is 0 Å². The Morgan fingerprint density at radius 1 is 0.808 bits per heavy atom. The molecule has 277 valence electrons. The van der Waals surface area contributed by atoms with E-state index in [0.717, 1.165) is 58.9 Å². The van der Waals surface area contributed by atoms with Gasteiger partial charge in [0, 0.05) is 12.1 Å². The van der Waals surface area contributed by atoms with Gasteiger partial charge in [-0.15, -0.1) is 0 Å². The Balaban J connectivity index is 0.000000217. The molecule has 0 aliphatic carbocycles. The minimum atomic E-state index is -0.396. The summed E-state index contributed by atoms with van der Waals surface area (Å²) in [5.41, 5.74) is 6.65. The van der Waals surface area contributed by atoms with Crippen LogP contribution in [-0.2, 0) is 35.2 Å². The molecule has 1 radical (unpaired) electrons. The summed E-state index contributed by atoms with van der Waals surface area (Å²) in [5.74, 6) is 2.01. The fraction of sp³-hybridized carbons (Fsp3) is 0.444. The van der Waals surface area contributed by atoms with Gasteiger partial charge in [-0.1, -0.05) is 0 Å². The first-order valence-corrected chi connectivity index (χ1v) is 18.1. The Kier molecular flexibility index (Phi) is 14.4. The molecule has 4 aromatic rings. The standard InChI is InChI=1S/C18H21BrN2O4.C18H22N2O4.BHNS/c1-5-24-17(22)16-12-7-6-11-8-14(23-4)15(25-10(2)3)9-13(11)21(12)18(19)20-16;1-5-23-18(21)17-13-7-6-12-8-15(22-4)16(24-11(2)3)9-14(12)20(13)10-19-17;1-2-3/h8-10H,5-7H2,1-4H3;8-11H,5-7H2,1-4H3;3H. The molecule has 2 aliphatic rings. The number of esters is 2. The summed E-state index contributed by atoms with van der Waals surface area (Å²) in [6.07, 6.45) is 4.77. The number of ether oxygens (including phenoxy) is 6. The number of hydrogen-bond acceptors (Lipinski definition) is 12. The average molecular weight is 798 g/mol. The molecule has 16 heteroatoms. The molecule has 2 aromatic carbocycles. The molecule has 6 rings (SSSR count). The summed E-state index contributed by atoms with van der Waals surface area (Å²) in [5, 5.41) is 0. The third-order valence-corrected chi connectivity index (χ3v) is 8.49. The monoisotopic (exact) mass is 796 g/mol. The third kappa shape index (κ3) is 9.00. The quantitative estimate of drug-likeness (QED) is 0.103. The van der Waals surface area contributed by atoms with Crippen molar-refractivity contribution in [2.45, 2.75) is 79.4 Å². The van der Waals surface area contributed by atoms with Gasteiger partial charge in [0.15, 0.2) is 39.1 Å². The maximum absolute atomic E-state index is 12.2. The Hall–Kier alpha value is -4.31. The number of rotatable bonds is 10. The number of aromatic nitrogens is 4. The van der Waals surface area contributed by atoms with Gasteiger partial charge < -0.3 is 33.0 Å². The number of halogens is 1. The maximum atomic E-state index is 12.2. The van der Waals surface area contributed by atoms with E-state index in [0.29, 0.717) is 53.0 Å². The molecule has 13 nitrogen and oxygen atoms in total. The predicted molar refractivity (Wildman–Crippen MR) is 203 cm³/mol. The van der Waals surface area contributed by atoms with Crippen molar-refractivity contribution in [2.24, 2.45) is 4.30 Å². The number of carbonyl (C=O) groups is 2.